The van der Waals surface area contributed by atoms with E-state index in [9.17, 15) is 4.79 Å². The summed E-state index contributed by atoms with van der Waals surface area (Å²) in [5.74, 6) is -1.83. The molecular weight excluding hydrogens is 408 g/mol. The fraction of sp³-hybridized carbons (Fsp3) is 0.611. The van der Waals surface area contributed by atoms with Crippen molar-refractivity contribution in [2.75, 3.05) is 0 Å². The Morgan fingerprint density at radius 1 is 0.923 bits per heavy atom. The van der Waals surface area contributed by atoms with Crippen LogP contribution in [0.25, 0.3) is 0 Å². The molecule has 0 bridgehead atoms. The number of carbonyl (C=O) groups excluding carboxylic acids is 1. The molecule has 1 aromatic carbocycles. The molecule has 0 N–H and O–H groups in total. The molecule has 4 rings (SSSR count). The zero-order chi connectivity index (χ0) is 18.7. The molecule has 3 aliphatic heterocycles. The molecule has 8 heteroatoms. The number of halogens is 1. The third-order valence-electron chi connectivity index (χ3n) is 4.42. The third kappa shape index (κ3) is 3.42. The molecule has 0 spiro atoms. The zero-order valence-corrected chi connectivity index (χ0v) is 16.5. The van der Waals surface area contributed by atoms with Gasteiger partial charge in [0.2, 0.25) is 0 Å². The fourth-order valence-electron chi connectivity index (χ4n) is 3.48. The van der Waals surface area contributed by atoms with E-state index in [0.717, 1.165) is 4.47 Å². The van der Waals surface area contributed by atoms with Crippen LogP contribution in [-0.2, 0) is 28.5 Å². The monoisotopic (exact) mass is 428 g/mol. The average molecular weight is 429 g/mol. The summed E-state index contributed by atoms with van der Waals surface area (Å²) in [6, 6.07) is 6.97. The molecule has 7 nitrogen and oxygen atoms in total. The van der Waals surface area contributed by atoms with Crippen LogP contribution >= 0.6 is 15.9 Å². The Labute approximate surface area is 160 Å². The Morgan fingerprint density at radius 3 is 2.19 bits per heavy atom. The minimum Gasteiger partial charge on any atom is -0.425 e. The molecule has 3 fully saturated rings. The van der Waals surface area contributed by atoms with Gasteiger partial charge in [-0.15, -0.1) is 0 Å². The van der Waals surface area contributed by atoms with Crippen LogP contribution < -0.4 is 4.74 Å². The first kappa shape index (κ1) is 18.3. The molecule has 1 aromatic rings. The predicted octanol–water partition coefficient (Wildman–Crippen LogP) is 2.75. The Morgan fingerprint density at radius 2 is 1.50 bits per heavy atom. The van der Waals surface area contributed by atoms with Crippen LogP contribution in [0, 0.1) is 0 Å². The van der Waals surface area contributed by atoms with Gasteiger partial charge in [0.05, 0.1) is 0 Å². The van der Waals surface area contributed by atoms with Gasteiger partial charge in [0.25, 0.3) is 0 Å². The van der Waals surface area contributed by atoms with E-state index in [-0.39, 0.29) is 0 Å². The predicted molar refractivity (Wildman–Crippen MR) is 92.3 cm³/mol. The van der Waals surface area contributed by atoms with Crippen molar-refractivity contribution in [1.82, 2.24) is 0 Å². The van der Waals surface area contributed by atoms with Crippen molar-refractivity contribution >= 4 is 21.9 Å². The molecule has 0 amide bonds. The summed E-state index contributed by atoms with van der Waals surface area (Å²) < 4.78 is 35.8. The molecular formula is C18H21BrO7. The largest absolute Gasteiger partial charge is 0.425 e. The van der Waals surface area contributed by atoms with Gasteiger partial charge in [0.1, 0.15) is 24.1 Å². The third-order valence-corrected chi connectivity index (χ3v) is 4.95. The van der Waals surface area contributed by atoms with Gasteiger partial charge in [-0.1, -0.05) is 15.9 Å². The molecule has 3 heterocycles. The quantitative estimate of drug-likeness (QED) is 0.529. The maximum Gasteiger partial charge on any atom is 0.343 e. The lowest BCUT2D eigenvalue weighted by atomic mass is 9.99. The summed E-state index contributed by atoms with van der Waals surface area (Å²) in [6.07, 6.45) is -3.33. The average Bonchev–Trinajstić information content (AvgIpc) is 3.02. The highest BCUT2D eigenvalue weighted by Crippen LogP contribution is 2.44. The van der Waals surface area contributed by atoms with Crippen molar-refractivity contribution in [2.24, 2.45) is 0 Å². The van der Waals surface area contributed by atoms with Crippen molar-refractivity contribution in [3.8, 4) is 5.75 Å². The van der Waals surface area contributed by atoms with E-state index in [4.69, 9.17) is 28.4 Å². The van der Waals surface area contributed by atoms with Crippen LogP contribution in [0.4, 0.5) is 0 Å². The highest BCUT2D eigenvalue weighted by Gasteiger charge is 2.62. The summed E-state index contributed by atoms with van der Waals surface area (Å²) in [6.45, 7) is 7.16. The smallest absolute Gasteiger partial charge is 0.343 e. The second kappa shape index (κ2) is 6.25. The lowest BCUT2D eigenvalue weighted by Gasteiger charge is -2.35. The van der Waals surface area contributed by atoms with Crippen molar-refractivity contribution in [3.63, 3.8) is 0 Å². The van der Waals surface area contributed by atoms with Crippen LogP contribution in [0.15, 0.2) is 28.7 Å². The normalized spacial score (nSPS) is 37.0. The summed E-state index contributed by atoms with van der Waals surface area (Å²) in [7, 11) is 0. The van der Waals surface area contributed by atoms with Crippen LogP contribution in [0.5, 0.6) is 5.75 Å². The summed E-state index contributed by atoms with van der Waals surface area (Å²) in [4.78, 5) is 12.8. The maximum absolute atomic E-state index is 12.8. The van der Waals surface area contributed by atoms with E-state index in [1.165, 1.54) is 0 Å². The standard InChI is InChI=1S/C18H21BrO7/c1-17(2)23-11-12(24-17)14-16(26-18(3,4)25-14)22-13(11)15(20)21-10-7-5-9(19)6-8-10/h5-8,11-14,16H,1-4H3/t11-,12+,13+,14-,16+/m1/s1. The lowest BCUT2D eigenvalue weighted by molar-refractivity contribution is -0.236. The highest BCUT2D eigenvalue weighted by molar-refractivity contribution is 9.10. The number of rotatable bonds is 2. The molecule has 0 aliphatic carbocycles. The number of hydrogen-bond acceptors (Lipinski definition) is 7. The van der Waals surface area contributed by atoms with Gasteiger partial charge in [0.15, 0.2) is 24.0 Å². The maximum atomic E-state index is 12.8. The van der Waals surface area contributed by atoms with Gasteiger partial charge in [-0.3, -0.25) is 0 Å². The summed E-state index contributed by atoms with van der Waals surface area (Å²) in [5.41, 5.74) is 0. The molecule has 26 heavy (non-hydrogen) atoms. The molecule has 5 atom stereocenters. The first-order chi connectivity index (χ1) is 12.1. The number of esters is 1. The van der Waals surface area contributed by atoms with E-state index in [2.05, 4.69) is 15.9 Å². The Hall–Kier alpha value is -1.03. The first-order valence-electron chi connectivity index (χ1n) is 8.48. The van der Waals surface area contributed by atoms with Gasteiger partial charge < -0.3 is 28.4 Å². The topological polar surface area (TPSA) is 72.5 Å². The Balaban J connectivity index is 1.57. The minimum absolute atomic E-state index is 0.419. The van der Waals surface area contributed by atoms with E-state index in [1.807, 2.05) is 0 Å². The molecule has 0 saturated carbocycles. The number of benzene rings is 1. The fourth-order valence-corrected chi connectivity index (χ4v) is 3.74. The molecule has 3 saturated heterocycles. The van der Waals surface area contributed by atoms with Crippen LogP contribution in [0.2, 0.25) is 0 Å². The van der Waals surface area contributed by atoms with E-state index in [0.29, 0.717) is 5.75 Å². The molecule has 0 unspecified atom stereocenters. The molecule has 0 aromatic heterocycles. The van der Waals surface area contributed by atoms with Crippen molar-refractivity contribution in [2.45, 2.75) is 70.0 Å². The van der Waals surface area contributed by atoms with Gasteiger partial charge in [-0.2, -0.15) is 0 Å². The first-order valence-corrected chi connectivity index (χ1v) is 9.27. The summed E-state index contributed by atoms with van der Waals surface area (Å²) >= 11 is 3.35. The van der Waals surface area contributed by atoms with Crippen molar-refractivity contribution in [1.29, 1.82) is 0 Å². The van der Waals surface area contributed by atoms with Gasteiger partial charge in [0, 0.05) is 4.47 Å². The minimum atomic E-state index is -0.982. The highest BCUT2D eigenvalue weighted by atomic mass is 79.9. The van der Waals surface area contributed by atoms with Gasteiger partial charge >= 0.3 is 5.97 Å². The van der Waals surface area contributed by atoms with E-state index >= 15 is 0 Å². The second-order valence-electron chi connectivity index (χ2n) is 7.47. The molecule has 0 radical (unpaired) electrons. The Bertz CT molecular complexity index is 702. The van der Waals surface area contributed by atoms with Gasteiger partial charge in [-0.25, -0.2) is 4.79 Å². The Kier molecular flexibility index (Phi) is 4.41. The van der Waals surface area contributed by atoms with Crippen LogP contribution in [0.1, 0.15) is 27.7 Å². The zero-order valence-electron chi connectivity index (χ0n) is 14.9. The number of ether oxygens (including phenoxy) is 6. The number of fused-ring (bicyclic) bond motifs is 3. The van der Waals surface area contributed by atoms with Gasteiger partial charge in [-0.05, 0) is 52.0 Å². The number of hydrogen-bond donors (Lipinski definition) is 0. The lowest BCUT2D eigenvalue weighted by Crippen LogP contribution is -2.58. The SMILES string of the molecule is CC1(C)O[C@H]2[C@@H](O1)[C@@H](C(=O)Oc1ccc(Br)cc1)O[C@H]1OC(C)(C)O[C@@H]12. The van der Waals surface area contributed by atoms with Crippen molar-refractivity contribution in [3.05, 3.63) is 28.7 Å². The molecule has 142 valence electrons. The summed E-state index contributed by atoms with van der Waals surface area (Å²) in [5, 5.41) is 0. The number of carbonyl (C=O) groups is 1. The van der Waals surface area contributed by atoms with E-state index < -0.39 is 48.2 Å². The van der Waals surface area contributed by atoms with E-state index in [1.54, 1.807) is 52.0 Å². The van der Waals surface area contributed by atoms with Crippen LogP contribution in [-0.4, -0.2) is 48.2 Å². The van der Waals surface area contributed by atoms with Crippen molar-refractivity contribution < 1.29 is 33.2 Å². The second-order valence-corrected chi connectivity index (χ2v) is 8.38. The molecule has 3 aliphatic rings. The van der Waals surface area contributed by atoms with Crippen LogP contribution in [0.3, 0.4) is 0 Å².